The molecule has 0 atom stereocenters. The van der Waals surface area contributed by atoms with Gasteiger partial charge in [0, 0.05) is 33.0 Å². The van der Waals surface area contributed by atoms with E-state index in [9.17, 15) is 14.4 Å². The average molecular weight is 539 g/mol. The van der Waals surface area contributed by atoms with Crippen molar-refractivity contribution in [2.24, 2.45) is 14.1 Å². The monoisotopic (exact) mass is 538 g/mol. The van der Waals surface area contributed by atoms with Crippen LogP contribution in [0.5, 0.6) is 0 Å². The van der Waals surface area contributed by atoms with E-state index in [0.29, 0.717) is 34.2 Å². The maximum absolute atomic E-state index is 12.9. The van der Waals surface area contributed by atoms with Crippen molar-refractivity contribution in [1.29, 1.82) is 0 Å². The minimum atomic E-state index is -0.345. The molecule has 0 saturated heterocycles. The molecule has 4 heterocycles. The Morgan fingerprint density at radius 2 is 1.51 bits per heavy atom. The van der Waals surface area contributed by atoms with E-state index in [1.54, 1.807) is 59.1 Å². The van der Waals surface area contributed by atoms with Crippen molar-refractivity contribution in [2.75, 3.05) is 37.8 Å². The Morgan fingerprint density at radius 1 is 0.865 bits per heavy atom. The van der Waals surface area contributed by atoms with Gasteiger partial charge in [-0.15, -0.1) is 11.3 Å². The number of carbonyl (C=O) groups excluding carboxylic acids is 3. The van der Waals surface area contributed by atoms with Gasteiger partial charge in [0.05, 0.1) is 16.3 Å². The van der Waals surface area contributed by atoms with E-state index >= 15 is 0 Å². The molecule has 0 spiro atoms. The number of amides is 3. The molecular formula is C26H30N6O3S2. The Balaban J connectivity index is 1.36. The number of rotatable bonds is 10. The molecule has 0 unspecified atom stereocenters. The van der Waals surface area contributed by atoms with Crippen molar-refractivity contribution in [3.63, 3.8) is 0 Å². The van der Waals surface area contributed by atoms with Crippen molar-refractivity contribution in [3.05, 3.63) is 69.1 Å². The molecule has 0 fully saturated rings. The summed E-state index contributed by atoms with van der Waals surface area (Å²) in [6, 6.07) is 7.16. The van der Waals surface area contributed by atoms with Crippen molar-refractivity contribution in [2.45, 2.75) is 6.42 Å². The highest BCUT2D eigenvalue weighted by molar-refractivity contribution is 7.12. The molecule has 0 aromatic carbocycles. The highest BCUT2D eigenvalue weighted by atomic mass is 32.1. The third-order valence-corrected chi connectivity index (χ3v) is 7.35. The number of aryl methyl sites for hydroxylation is 2. The molecule has 0 radical (unpaired) electrons. The van der Waals surface area contributed by atoms with Crippen molar-refractivity contribution >= 4 is 51.8 Å². The van der Waals surface area contributed by atoms with Crippen LogP contribution in [0.4, 0.5) is 11.4 Å². The van der Waals surface area contributed by atoms with Crippen LogP contribution in [-0.2, 0) is 14.1 Å². The Hall–Kier alpha value is -3.67. The highest BCUT2D eigenvalue weighted by Crippen LogP contribution is 2.28. The molecule has 11 heteroatoms. The summed E-state index contributed by atoms with van der Waals surface area (Å²) < 4.78 is 3.33. The maximum atomic E-state index is 12.9. The molecule has 0 aliphatic carbocycles. The largest absolute Gasteiger partial charge is 0.351 e. The zero-order chi connectivity index (χ0) is 26.5. The zero-order valence-corrected chi connectivity index (χ0v) is 22.8. The number of anilines is 2. The summed E-state index contributed by atoms with van der Waals surface area (Å²) in [6.45, 7) is 1.46. The van der Waals surface area contributed by atoms with E-state index < -0.39 is 0 Å². The van der Waals surface area contributed by atoms with Crippen LogP contribution in [-0.4, -0.2) is 58.9 Å². The Bertz CT molecular complexity index is 1400. The number of nitrogens with one attached hydrogen (secondary N) is 3. The van der Waals surface area contributed by atoms with Crippen molar-refractivity contribution in [3.8, 4) is 11.1 Å². The lowest BCUT2D eigenvalue weighted by molar-refractivity contribution is 0.0942. The molecule has 4 rings (SSSR count). The first-order valence-electron chi connectivity index (χ1n) is 11.7. The molecule has 37 heavy (non-hydrogen) atoms. The van der Waals surface area contributed by atoms with Gasteiger partial charge in [-0.3, -0.25) is 14.4 Å². The van der Waals surface area contributed by atoms with Gasteiger partial charge >= 0.3 is 0 Å². The van der Waals surface area contributed by atoms with Gasteiger partial charge in [-0.1, -0.05) is 0 Å². The molecule has 3 N–H and O–H groups in total. The molecule has 4 aromatic heterocycles. The van der Waals surface area contributed by atoms with E-state index in [-0.39, 0.29) is 17.7 Å². The third-order valence-electron chi connectivity index (χ3n) is 5.74. The van der Waals surface area contributed by atoms with Gasteiger partial charge in [-0.25, -0.2) is 0 Å². The van der Waals surface area contributed by atoms with Gasteiger partial charge in [0.1, 0.15) is 11.4 Å². The molecule has 0 aliphatic heterocycles. The number of thiophene rings is 2. The van der Waals surface area contributed by atoms with Crippen LogP contribution in [0.3, 0.4) is 0 Å². The number of aromatic nitrogens is 2. The summed E-state index contributed by atoms with van der Waals surface area (Å²) in [5.41, 5.74) is 3.96. The Labute approximate surface area is 223 Å². The topological polar surface area (TPSA) is 100 Å². The molecular weight excluding hydrogens is 508 g/mol. The quantitative estimate of drug-likeness (QED) is 0.262. The van der Waals surface area contributed by atoms with E-state index in [1.807, 2.05) is 42.4 Å². The zero-order valence-electron chi connectivity index (χ0n) is 21.2. The number of hydrogen-bond acceptors (Lipinski definition) is 6. The minimum Gasteiger partial charge on any atom is -0.351 e. The first-order chi connectivity index (χ1) is 17.7. The number of nitrogens with zero attached hydrogens (tertiary/aromatic N) is 3. The Kier molecular flexibility index (Phi) is 8.27. The van der Waals surface area contributed by atoms with E-state index in [2.05, 4.69) is 20.9 Å². The third kappa shape index (κ3) is 6.56. The number of hydrogen-bond donors (Lipinski definition) is 3. The van der Waals surface area contributed by atoms with Crippen molar-refractivity contribution in [1.82, 2.24) is 19.4 Å². The fourth-order valence-corrected chi connectivity index (χ4v) is 5.30. The summed E-state index contributed by atoms with van der Waals surface area (Å²) in [7, 11) is 7.48. The second-order valence-corrected chi connectivity index (χ2v) is 10.7. The van der Waals surface area contributed by atoms with Crippen LogP contribution in [0.25, 0.3) is 11.1 Å². The van der Waals surface area contributed by atoms with Gasteiger partial charge in [0.15, 0.2) is 0 Å². The minimum absolute atomic E-state index is 0.193. The molecule has 0 saturated carbocycles. The summed E-state index contributed by atoms with van der Waals surface area (Å²) in [4.78, 5) is 40.9. The molecule has 0 aliphatic rings. The van der Waals surface area contributed by atoms with Gasteiger partial charge in [0.2, 0.25) is 0 Å². The molecule has 3 amide bonds. The first kappa shape index (κ1) is 26.4. The summed E-state index contributed by atoms with van der Waals surface area (Å²) >= 11 is 2.99. The lowest BCUT2D eigenvalue weighted by Crippen LogP contribution is -2.28. The van der Waals surface area contributed by atoms with E-state index in [0.717, 1.165) is 24.1 Å². The molecule has 194 valence electrons. The van der Waals surface area contributed by atoms with Crippen LogP contribution < -0.4 is 16.0 Å². The van der Waals surface area contributed by atoms with Crippen LogP contribution in [0, 0.1) is 0 Å². The van der Waals surface area contributed by atoms with Gasteiger partial charge in [0.25, 0.3) is 17.7 Å². The predicted octanol–water partition coefficient (Wildman–Crippen LogP) is 4.34. The van der Waals surface area contributed by atoms with Gasteiger partial charge < -0.3 is 30.0 Å². The Morgan fingerprint density at radius 3 is 2.14 bits per heavy atom. The smallest absolute Gasteiger partial charge is 0.272 e. The lowest BCUT2D eigenvalue weighted by Gasteiger charge is -2.10. The van der Waals surface area contributed by atoms with Crippen LogP contribution in [0.1, 0.15) is 37.1 Å². The fraction of sp³-hybridized carbons (Fsp3) is 0.269. The fourth-order valence-electron chi connectivity index (χ4n) is 3.83. The summed E-state index contributed by atoms with van der Waals surface area (Å²) in [5, 5.41) is 14.6. The highest BCUT2D eigenvalue weighted by Gasteiger charge is 2.18. The lowest BCUT2D eigenvalue weighted by atomic mass is 10.2. The van der Waals surface area contributed by atoms with E-state index in [4.69, 9.17) is 0 Å². The normalized spacial score (nSPS) is 11.1. The second kappa shape index (κ2) is 11.6. The SMILES string of the molecule is CN(C)CCCNC(=O)c1cc(NC(=O)c2cc(NC(=O)c3cc(-c4ccsc4)cs3)cn2C)cn1C. The first-order valence-corrected chi connectivity index (χ1v) is 13.5. The summed E-state index contributed by atoms with van der Waals surface area (Å²) in [5.74, 6) is -0.767. The van der Waals surface area contributed by atoms with Gasteiger partial charge in [-0.2, -0.15) is 11.3 Å². The molecule has 4 aromatic rings. The predicted molar refractivity (Wildman–Crippen MR) is 150 cm³/mol. The number of carbonyl (C=O) groups is 3. The second-order valence-electron chi connectivity index (χ2n) is 8.98. The van der Waals surface area contributed by atoms with Crippen LogP contribution >= 0.6 is 22.7 Å². The maximum Gasteiger partial charge on any atom is 0.272 e. The van der Waals surface area contributed by atoms with Crippen molar-refractivity contribution < 1.29 is 14.4 Å². The van der Waals surface area contributed by atoms with E-state index in [1.165, 1.54) is 11.3 Å². The summed E-state index contributed by atoms with van der Waals surface area (Å²) in [6.07, 6.45) is 4.24. The standard InChI is InChI=1S/C26H30N6O3S2/c1-30(2)8-5-7-27-24(33)21-11-19(13-31(21)3)28-25(34)22-12-20(14-32(22)4)29-26(35)23-10-18(16-37-23)17-6-9-36-15-17/h6,9-16H,5,7-8H2,1-4H3,(H,27,33)(H,28,34)(H,29,35). The van der Waals surface area contributed by atoms with Gasteiger partial charge in [-0.05, 0) is 78.6 Å². The van der Waals surface area contributed by atoms with Crippen LogP contribution in [0.2, 0.25) is 0 Å². The molecule has 9 nitrogen and oxygen atoms in total. The van der Waals surface area contributed by atoms with Crippen LogP contribution in [0.15, 0.2) is 52.8 Å². The molecule has 0 bridgehead atoms. The average Bonchev–Trinajstić information content (AvgIpc) is 3.63.